The zero-order valence-electron chi connectivity index (χ0n) is 8.54. The standard InChI is InChI=1S/C9H16N2O3S/c1-2-4-10-6-7-11(9-10)5-3-8-15(12,13)14/h2,6-7H,1,3-5,8-9H2,(H,12,13,14). The number of rotatable bonds is 6. The SMILES string of the molecule is C=CCN1C=CN(CCCS(=O)(=O)O)C1. The summed E-state index contributed by atoms with van der Waals surface area (Å²) >= 11 is 0. The molecule has 1 N–H and O–H groups in total. The first-order valence-electron chi connectivity index (χ1n) is 4.74. The van der Waals surface area contributed by atoms with E-state index in [0.29, 0.717) is 13.0 Å². The van der Waals surface area contributed by atoms with Gasteiger partial charge >= 0.3 is 0 Å². The van der Waals surface area contributed by atoms with E-state index in [9.17, 15) is 8.42 Å². The summed E-state index contributed by atoms with van der Waals surface area (Å²) in [6, 6.07) is 0. The van der Waals surface area contributed by atoms with Crippen LogP contribution in [0.4, 0.5) is 0 Å². The number of hydrogen-bond acceptors (Lipinski definition) is 4. The van der Waals surface area contributed by atoms with Crippen molar-refractivity contribution >= 4 is 10.1 Å². The molecular formula is C9H16N2O3S. The summed E-state index contributed by atoms with van der Waals surface area (Å²) < 4.78 is 29.5. The van der Waals surface area contributed by atoms with Gasteiger partial charge in [0.1, 0.15) is 0 Å². The third kappa shape index (κ3) is 4.85. The van der Waals surface area contributed by atoms with Gasteiger partial charge in [-0.1, -0.05) is 6.08 Å². The highest BCUT2D eigenvalue weighted by Gasteiger charge is 2.11. The molecule has 0 saturated carbocycles. The van der Waals surface area contributed by atoms with Crippen molar-refractivity contribution in [2.75, 3.05) is 25.5 Å². The Bertz CT molecular complexity index is 337. The van der Waals surface area contributed by atoms with E-state index in [1.807, 2.05) is 23.4 Å². The van der Waals surface area contributed by atoms with Gasteiger partial charge < -0.3 is 9.80 Å². The van der Waals surface area contributed by atoms with Gasteiger partial charge in [0.2, 0.25) is 0 Å². The summed E-state index contributed by atoms with van der Waals surface area (Å²) in [7, 11) is -3.82. The van der Waals surface area contributed by atoms with Crippen LogP contribution in [0, 0.1) is 0 Å². The van der Waals surface area contributed by atoms with Gasteiger partial charge in [-0.05, 0) is 6.42 Å². The molecule has 0 spiro atoms. The second-order valence-electron chi connectivity index (χ2n) is 3.45. The van der Waals surface area contributed by atoms with Crippen LogP contribution in [0.5, 0.6) is 0 Å². The van der Waals surface area contributed by atoms with E-state index >= 15 is 0 Å². The molecule has 0 fully saturated rings. The minimum Gasteiger partial charge on any atom is -0.359 e. The average Bonchev–Trinajstić information content (AvgIpc) is 2.51. The van der Waals surface area contributed by atoms with Crippen molar-refractivity contribution < 1.29 is 13.0 Å². The molecule has 0 aromatic heterocycles. The van der Waals surface area contributed by atoms with Crippen LogP contribution in [0.3, 0.4) is 0 Å². The molecule has 5 nitrogen and oxygen atoms in total. The second-order valence-corrected chi connectivity index (χ2v) is 5.02. The highest BCUT2D eigenvalue weighted by molar-refractivity contribution is 7.85. The Labute approximate surface area is 90.4 Å². The maximum absolute atomic E-state index is 10.5. The first-order valence-corrected chi connectivity index (χ1v) is 6.34. The Balaban J connectivity index is 2.20. The monoisotopic (exact) mass is 232 g/mol. The topological polar surface area (TPSA) is 60.9 Å². The molecule has 1 heterocycles. The van der Waals surface area contributed by atoms with Crippen molar-refractivity contribution in [2.24, 2.45) is 0 Å². The fourth-order valence-corrected chi connectivity index (χ4v) is 1.89. The summed E-state index contributed by atoms with van der Waals surface area (Å²) in [5, 5.41) is 0. The molecule has 0 aromatic carbocycles. The number of nitrogens with zero attached hydrogens (tertiary/aromatic N) is 2. The van der Waals surface area contributed by atoms with Crippen LogP contribution in [-0.2, 0) is 10.1 Å². The molecule has 0 atom stereocenters. The molecule has 0 unspecified atom stereocenters. The van der Waals surface area contributed by atoms with Crippen LogP contribution in [0.15, 0.2) is 25.1 Å². The summed E-state index contributed by atoms with van der Waals surface area (Å²) in [5.74, 6) is -0.182. The molecule has 0 amide bonds. The quantitative estimate of drug-likeness (QED) is 0.533. The van der Waals surface area contributed by atoms with Crippen molar-refractivity contribution in [1.29, 1.82) is 0 Å². The Hall–Kier alpha value is -1.01. The first-order chi connectivity index (χ1) is 7.01. The van der Waals surface area contributed by atoms with Crippen LogP contribution >= 0.6 is 0 Å². The molecule has 1 aliphatic heterocycles. The lowest BCUT2D eigenvalue weighted by Crippen LogP contribution is -2.27. The summed E-state index contributed by atoms with van der Waals surface area (Å²) in [6.45, 7) is 5.80. The Morgan fingerprint density at radius 3 is 2.67 bits per heavy atom. The molecule has 0 saturated heterocycles. The summed E-state index contributed by atoms with van der Waals surface area (Å²) in [4.78, 5) is 4.05. The van der Waals surface area contributed by atoms with Crippen molar-refractivity contribution in [3.63, 3.8) is 0 Å². The number of hydrogen-bond donors (Lipinski definition) is 1. The molecule has 86 valence electrons. The molecular weight excluding hydrogens is 216 g/mol. The third-order valence-corrected chi connectivity index (χ3v) is 2.87. The van der Waals surface area contributed by atoms with Gasteiger partial charge in [0.25, 0.3) is 10.1 Å². The first kappa shape index (κ1) is 12.1. The van der Waals surface area contributed by atoms with Gasteiger partial charge in [0, 0.05) is 25.5 Å². The molecule has 0 aliphatic carbocycles. The van der Waals surface area contributed by atoms with Crippen molar-refractivity contribution in [1.82, 2.24) is 9.80 Å². The largest absolute Gasteiger partial charge is 0.359 e. The fraction of sp³-hybridized carbons (Fsp3) is 0.556. The lowest BCUT2D eigenvalue weighted by molar-refractivity contribution is 0.281. The Kier molecular flexibility index (Phi) is 4.16. The average molecular weight is 232 g/mol. The minimum atomic E-state index is -3.82. The molecule has 15 heavy (non-hydrogen) atoms. The molecule has 1 rings (SSSR count). The van der Waals surface area contributed by atoms with E-state index in [2.05, 4.69) is 11.5 Å². The Morgan fingerprint density at radius 2 is 2.07 bits per heavy atom. The lowest BCUT2D eigenvalue weighted by Gasteiger charge is -2.19. The van der Waals surface area contributed by atoms with Gasteiger partial charge in [-0.3, -0.25) is 4.55 Å². The summed E-state index contributed by atoms with van der Waals surface area (Å²) in [6.07, 6.45) is 6.10. The molecule has 0 bridgehead atoms. The third-order valence-electron chi connectivity index (χ3n) is 2.06. The van der Waals surface area contributed by atoms with E-state index in [1.54, 1.807) is 0 Å². The van der Waals surface area contributed by atoms with Crippen molar-refractivity contribution in [2.45, 2.75) is 6.42 Å². The molecule has 6 heteroatoms. The lowest BCUT2D eigenvalue weighted by atomic mass is 10.4. The van der Waals surface area contributed by atoms with Gasteiger partial charge in [-0.2, -0.15) is 8.42 Å². The van der Waals surface area contributed by atoms with Crippen LogP contribution in [0.25, 0.3) is 0 Å². The Morgan fingerprint density at radius 1 is 1.40 bits per heavy atom. The van der Waals surface area contributed by atoms with Gasteiger partial charge in [0.15, 0.2) is 0 Å². The van der Waals surface area contributed by atoms with E-state index in [4.69, 9.17) is 4.55 Å². The smallest absolute Gasteiger partial charge is 0.264 e. The molecule has 0 radical (unpaired) electrons. The van der Waals surface area contributed by atoms with Crippen LogP contribution in [0.1, 0.15) is 6.42 Å². The van der Waals surface area contributed by atoms with Crippen LogP contribution in [-0.4, -0.2) is 48.3 Å². The summed E-state index contributed by atoms with van der Waals surface area (Å²) in [5.41, 5.74) is 0. The van der Waals surface area contributed by atoms with E-state index < -0.39 is 10.1 Å². The normalized spacial score (nSPS) is 16.1. The highest BCUT2D eigenvalue weighted by atomic mass is 32.2. The maximum atomic E-state index is 10.5. The van der Waals surface area contributed by atoms with Gasteiger partial charge in [-0.25, -0.2) is 0 Å². The van der Waals surface area contributed by atoms with Gasteiger partial charge in [-0.15, -0.1) is 6.58 Å². The predicted molar refractivity (Wildman–Crippen MR) is 58.6 cm³/mol. The van der Waals surface area contributed by atoms with Crippen LogP contribution < -0.4 is 0 Å². The fourth-order valence-electron chi connectivity index (χ4n) is 1.40. The van der Waals surface area contributed by atoms with Gasteiger partial charge in [0.05, 0.1) is 12.4 Å². The second kappa shape index (κ2) is 5.18. The molecule has 1 aliphatic rings. The van der Waals surface area contributed by atoms with E-state index in [-0.39, 0.29) is 5.75 Å². The van der Waals surface area contributed by atoms with E-state index in [0.717, 1.165) is 13.2 Å². The molecule has 0 aromatic rings. The van der Waals surface area contributed by atoms with Crippen LogP contribution in [0.2, 0.25) is 0 Å². The van der Waals surface area contributed by atoms with E-state index in [1.165, 1.54) is 0 Å². The minimum absolute atomic E-state index is 0.182. The zero-order chi connectivity index (χ0) is 11.3. The predicted octanol–water partition coefficient (Wildman–Crippen LogP) is 0.497. The highest BCUT2D eigenvalue weighted by Crippen LogP contribution is 2.06. The van der Waals surface area contributed by atoms with Crippen molar-refractivity contribution in [3.8, 4) is 0 Å². The van der Waals surface area contributed by atoms with Crippen molar-refractivity contribution in [3.05, 3.63) is 25.1 Å². The maximum Gasteiger partial charge on any atom is 0.264 e. The zero-order valence-corrected chi connectivity index (χ0v) is 9.36.